The van der Waals surface area contributed by atoms with Gasteiger partial charge in [-0.25, -0.2) is 4.99 Å². The van der Waals surface area contributed by atoms with Crippen molar-refractivity contribution in [3.05, 3.63) is 75.2 Å². The normalized spacial score (nSPS) is 12.8. The van der Waals surface area contributed by atoms with Gasteiger partial charge in [-0.3, -0.25) is 4.68 Å². The van der Waals surface area contributed by atoms with Crippen LogP contribution in [-0.2, 0) is 13.1 Å². The third-order valence-corrected chi connectivity index (χ3v) is 5.48. The number of aliphatic hydroxyl groups excluding tert-OH is 1. The molecule has 8 heteroatoms. The highest BCUT2D eigenvalue weighted by atomic mass is 35.5. The molecule has 2 heterocycles. The number of aliphatic imine (C=N–C) groups is 1. The van der Waals surface area contributed by atoms with E-state index >= 15 is 0 Å². The molecule has 28 heavy (non-hydrogen) atoms. The van der Waals surface area contributed by atoms with Crippen LogP contribution in [0.3, 0.4) is 0 Å². The zero-order valence-electron chi connectivity index (χ0n) is 15.7. The molecule has 148 valence electrons. The molecule has 1 aromatic carbocycles. The van der Waals surface area contributed by atoms with Gasteiger partial charge in [-0.15, -0.1) is 11.3 Å². The van der Waals surface area contributed by atoms with Gasteiger partial charge in [0, 0.05) is 30.4 Å². The van der Waals surface area contributed by atoms with Crippen LogP contribution in [0.1, 0.15) is 29.0 Å². The number of benzene rings is 1. The first-order valence-electron chi connectivity index (χ1n) is 9.15. The summed E-state index contributed by atoms with van der Waals surface area (Å²) in [5.74, 6) is 0.665. The van der Waals surface area contributed by atoms with E-state index in [1.807, 2.05) is 42.1 Å². The van der Waals surface area contributed by atoms with E-state index in [1.165, 1.54) is 16.9 Å². The maximum Gasteiger partial charge on any atom is 0.191 e. The highest BCUT2D eigenvalue weighted by Gasteiger charge is 2.11. The van der Waals surface area contributed by atoms with Crippen molar-refractivity contribution in [3.8, 4) is 0 Å². The van der Waals surface area contributed by atoms with E-state index in [0.29, 0.717) is 29.9 Å². The number of nitrogens with zero attached hydrogens (tertiary/aromatic N) is 3. The minimum absolute atomic E-state index is 0.359. The molecule has 0 aliphatic heterocycles. The van der Waals surface area contributed by atoms with Gasteiger partial charge in [0.15, 0.2) is 5.96 Å². The van der Waals surface area contributed by atoms with Crippen LogP contribution in [0.25, 0.3) is 0 Å². The molecule has 0 spiro atoms. The lowest BCUT2D eigenvalue weighted by Crippen LogP contribution is -2.39. The van der Waals surface area contributed by atoms with Crippen LogP contribution in [0.5, 0.6) is 0 Å². The van der Waals surface area contributed by atoms with Crippen molar-refractivity contribution in [1.82, 2.24) is 20.4 Å². The summed E-state index contributed by atoms with van der Waals surface area (Å²) in [5, 5.41) is 21.0. The fourth-order valence-electron chi connectivity index (χ4n) is 2.74. The summed E-state index contributed by atoms with van der Waals surface area (Å²) in [5.41, 5.74) is 2.32. The van der Waals surface area contributed by atoms with Gasteiger partial charge in [-0.05, 0) is 36.2 Å². The fraction of sp³-hybridized carbons (Fsp3) is 0.300. The Balaban J connectivity index is 1.64. The van der Waals surface area contributed by atoms with Crippen molar-refractivity contribution in [2.45, 2.75) is 26.1 Å². The van der Waals surface area contributed by atoms with Crippen LogP contribution in [-0.4, -0.2) is 33.9 Å². The number of halogens is 1. The van der Waals surface area contributed by atoms with Gasteiger partial charge in [0.25, 0.3) is 0 Å². The number of rotatable bonds is 8. The molecule has 6 nitrogen and oxygen atoms in total. The summed E-state index contributed by atoms with van der Waals surface area (Å²) in [6.45, 7) is 4.35. The highest BCUT2D eigenvalue weighted by Crippen LogP contribution is 2.26. The number of guanidine groups is 1. The second-order valence-corrected chi connectivity index (χ2v) is 7.95. The predicted octanol–water partition coefficient (Wildman–Crippen LogP) is 3.44. The third-order valence-electron chi connectivity index (χ3n) is 4.15. The summed E-state index contributed by atoms with van der Waals surface area (Å²) in [6.07, 6.45) is 3.10. The highest BCUT2D eigenvalue weighted by molar-refractivity contribution is 7.16. The maximum absolute atomic E-state index is 10.3. The van der Waals surface area contributed by atoms with E-state index in [9.17, 15) is 5.11 Å². The fourth-order valence-corrected chi connectivity index (χ4v) is 3.79. The van der Waals surface area contributed by atoms with E-state index in [0.717, 1.165) is 17.0 Å². The quantitative estimate of drug-likeness (QED) is 0.387. The molecule has 3 rings (SSSR count). The van der Waals surface area contributed by atoms with Gasteiger partial charge >= 0.3 is 0 Å². The van der Waals surface area contributed by atoms with E-state index < -0.39 is 6.10 Å². The molecule has 1 atom stereocenters. The first-order valence-corrected chi connectivity index (χ1v) is 10.3. The number of thiophene rings is 1. The van der Waals surface area contributed by atoms with Crippen LogP contribution in [0.4, 0.5) is 0 Å². The Bertz CT molecular complexity index is 894. The molecule has 0 radical (unpaired) electrons. The summed E-state index contributed by atoms with van der Waals surface area (Å²) in [4.78, 5) is 5.51. The van der Waals surface area contributed by atoms with Crippen molar-refractivity contribution in [2.75, 3.05) is 13.1 Å². The Hall–Kier alpha value is -2.35. The van der Waals surface area contributed by atoms with Gasteiger partial charge < -0.3 is 15.7 Å². The predicted molar refractivity (Wildman–Crippen MR) is 115 cm³/mol. The molecule has 0 bridgehead atoms. The number of aromatic nitrogens is 2. The maximum atomic E-state index is 10.3. The molecular weight excluding hydrogens is 394 g/mol. The number of hydrogen-bond donors (Lipinski definition) is 3. The lowest BCUT2D eigenvalue weighted by molar-refractivity contribution is 0.184. The molecule has 0 saturated carbocycles. The summed E-state index contributed by atoms with van der Waals surface area (Å²) in [7, 11) is 0. The second kappa shape index (κ2) is 10.3. The molecule has 0 amide bonds. The van der Waals surface area contributed by atoms with Gasteiger partial charge in [0.2, 0.25) is 0 Å². The number of aliphatic hydroxyl groups is 1. The number of hydrogen-bond acceptors (Lipinski definition) is 4. The van der Waals surface area contributed by atoms with Crippen LogP contribution in [0, 0.1) is 0 Å². The second-order valence-electron chi connectivity index (χ2n) is 6.21. The SMILES string of the molecule is CCNC(=NCc1ccccc1Cn1cccn1)NCC(O)c1ccc(Cl)s1. The minimum Gasteiger partial charge on any atom is -0.386 e. The van der Waals surface area contributed by atoms with Crippen molar-refractivity contribution in [3.63, 3.8) is 0 Å². The first-order chi connectivity index (χ1) is 13.7. The van der Waals surface area contributed by atoms with Crippen LogP contribution in [0.2, 0.25) is 4.34 Å². The first kappa shape index (κ1) is 20.4. The molecule has 0 saturated heterocycles. The molecule has 1 unspecified atom stereocenters. The Morgan fingerprint density at radius 3 is 2.71 bits per heavy atom. The molecule has 0 aliphatic rings. The molecule has 0 fully saturated rings. The Kier molecular flexibility index (Phi) is 7.47. The Labute approximate surface area is 173 Å². The zero-order chi connectivity index (χ0) is 19.8. The van der Waals surface area contributed by atoms with Crippen molar-refractivity contribution >= 4 is 28.9 Å². The lowest BCUT2D eigenvalue weighted by atomic mass is 10.1. The average molecular weight is 418 g/mol. The standard InChI is InChI=1S/C20H24ClN5OS/c1-2-22-20(24-13-17(27)18-8-9-19(21)28-18)23-12-15-6-3-4-7-16(15)14-26-11-5-10-25-26/h3-11,17,27H,2,12-14H2,1H3,(H2,22,23,24). The van der Waals surface area contributed by atoms with Crippen LogP contribution >= 0.6 is 22.9 Å². The topological polar surface area (TPSA) is 74.5 Å². The van der Waals surface area contributed by atoms with Crippen molar-refractivity contribution in [2.24, 2.45) is 4.99 Å². The molecular formula is C20H24ClN5OS. The minimum atomic E-state index is -0.631. The summed E-state index contributed by atoms with van der Waals surface area (Å²) < 4.78 is 2.57. The molecule has 2 aromatic heterocycles. The Morgan fingerprint density at radius 2 is 2.04 bits per heavy atom. The number of nitrogens with one attached hydrogen (secondary N) is 2. The third kappa shape index (κ3) is 5.82. The molecule has 0 aliphatic carbocycles. The van der Waals surface area contributed by atoms with Gasteiger partial charge in [-0.1, -0.05) is 35.9 Å². The van der Waals surface area contributed by atoms with Crippen LogP contribution < -0.4 is 10.6 Å². The van der Waals surface area contributed by atoms with Crippen molar-refractivity contribution < 1.29 is 5.11 Å². The van der Waals surface area contributed by atoms with Crippen molar-refractivity contribution in [1.29, 1.82) is 0 Å². The summed E-state index contributed by atoms with van der Waals surface area (Å²) in [6, 6.07) is 13.8. The van der Waals surface area contributed by atoms with E-state index in [1.54, 1.807) is 12.3 Å². The van der Waals surface area contributed by atoms with E-state index in [-0.39, 0.29) is 0 Å². The zero-order valence-corrected chi connectivity index (χ0v) is 17.2. The summed E-state index contributed by atoms with van der Waals surface area (Å²) >= 11 is 7.33. The van der Waals surface area contributed by atoms with Crippen LogP contribution in [0.15, 0.2) is 59.9 Å². The Morgan fingerprint density at radius 1 is 1.21 bits per heavy atom. The monoisotopic (exact) mass is 417 g/mol. The van der Waals surface area contributed by atoms with Gasteiger partial charge in [0.05, 0.1) is 17.4 Å². The molecule has 3 aromatic rings. The smallest absolute Gasteiger partial charge is 0.191 e. The van der Waals surface area contributed by atoms with Gasteiger partial charge in [0.1, 0.15) is 6.10 Å². The lowest BCUT2D eigenvalue weighted by Gasteiger charge is -2.15. The average Bonchev–Trinajstić information content (AvgIpc) is 3.36. The molecule has 3 N–H and O–H groups in total. The van der Waals surface area contributed by atoms with E-state index in [2.05, 4.69) is 32.9 Å². The largest absolute Gasteiger partial charge is 0.386 e. The van der Waals surface area contributed by atoms with Gasteiger partial charge in [-0.2, -0.15) is 5.10 Å². The van der Waals surface area contributed by atoms with E-state index in [4.69, 9.17) is 11.6 Å².